The Kier molecular flexibility index (Phi) is 1.88. The van der Waals surface area contributed by atoms with Crippen LogP contribution in [0.2, 0.25) is 0 Å². The molecule has 0 bridgehead atoms. The van der Waals surface area contributed by atoms with Gasteiger partial charge in [0.25, 0.3) is 0 Å². The van der Waals surface area contributed by atoms with Crippen LogP contribution in [-0.4, -0.2) is 27.8 Å². The molecule has 70 valence electrons. The van der Waals surface area contributed by atoms with Crippen molar-refractivity contribution < 1.29 is 4.52 Å². The zero-order valence-electron chi connectivity index (χ0n) is 7.10. The second-order valence-corrected chi connectivity index (χ2v) is 3.06. The van der Waals surface area contributed by atoms with Gasteiger partial charge in [0.2, 0.25) is 0 Å². The Morgan fingerprint density at radius 2 is 2.62 bits per heavy atom. The molecule has 0 saturated carbocycles. The quantitative estimate of drug-likeness (QED) is 0.473. The Bertz CT molecular complexity index is 296. The fourth-order valence-corrected chi connectivity index (χ4v) is 1.67. The zero-order valence-corrected chi connectivity index (χ0v) is 7.10. The molecular weight excluding hydrogens is 170 g/mol. The molecule has 2 heterocycles. The molecule has 0 radical (unpaired) electrons. The van der Waals surface area contributed by atoms with Crippen molar-refractivity contribution in [3.8, 4) is 0 Å². The standard InChI is InChI=1S/C7H11N5O/c8-7(9)12-3-1-2-5(12)6-4-10-11-13-6/h4-5H,1-3H2,(H3,8,9). The molecule has 1 aromatic rings. The van der Waals surface area contributed by atoms with E-state index in [0.29, 0.717) is 5.76 Å². The first-order chi connectivity index (χ1) is 6.29. The van der Waals surface area contributed by atoms with Gasteiger partial charge >= 0.3 is 0 Å². The van der Waals surface area contributed by atoms with Gasteiger partial charge in [-0.15, -0.1) is 5.10 Å². The number of hydrogen-bond acceptors (Lipinski definition) is 4. The van der Waals surface area contributed by atoms with Gasteiger partial charge in [0, 0.05) is 11.8 Å². The minimum atomic E-state index is 0.0486. The molecular formula is C7H11N5O. The second-order valence-electron chi connectivity index (χ2n) is 3.06. The Morgan fingerprint density at radius 1 is 1.77 bits per heavy atom. The third kappa shape index (κ3) is 1.34. The van der Waals surface area contributed by atoms with Gasteiger partial charge in [-0.2, -0.15) is 0 Å². The molecule has 1 fully saturated rings. The summed E-state index contributed by atoms with van der Waals surface area (Å²) >= 11 is 0. The van der Waals surface area contributed by atoms with Crippen molar-refractivity contribution in [3.63, 3.8) is 0 Å². The number of hydrogen-bond donors (Lipinski definition) is 2. The first-order valence-electron chi connectivity index (χ1n) is 4.17. The average molecular weight is 181 g/mol. The van der Waals surface area contributed by atoms with Crippen LogP contribution in [0.25, 0.3) is 0 Å². The third-order valence-corrected chi connectivity index (χ3v) is 2.27. The lowest BCUT2D eigenvalue weighted by atomic mass is 10.2. The van der Waals surface area contributed by atoms with E-state index in [1.54, 1.807) is 11.1 Å². The van der Waals surface area contributed by atoms with Gasteiger partial charge in [0.1, 0.15) is 0 Å². The van der Waals surface area contributed by atoms with Crippen LogP contribution in [0.5, 0.6) is 0 Å². The SMILES string of the molecule is N=C(N)N1CCCC1c1cnno1. The maximum absolute atomic E-state index is 7.35. The average Bonchev–Trinajstić information content (AvgIpc) is 2.74. The minimum Gasteiger partial charge on any atom is -0.370 e. The van der Waals surface area contributed by atoms with E-state index in [4.69, 9.17) is 15.7 Å². The number of likely N-dealkylation sites (tertiary alicyclic amines) is 1. The van der Waals surface area contributed by atoms with E-state index in [1.165, 1.54) is 0 Å². The summed E-state index contributed by atoms with van der Waals surface area (Å²) < 4.78 is 4.94. The Labute approximate surface area is 75.2 Å². The molecule has 3 N–H and O–H groups in total. The highest BCUT2D eigenvalue weighted by molar-refractivity contribution is 5.75. The van der Waals surface area contributed by atoms with Crippen molar-refractivity contribution in [2.24, 2.45) is 5.73 Å². The molecule has 6 heteroatoms. The van der Waals surface area contributed by atoms with E-state index in [2.05, 4.69) is 10.4 Å². The predicted octanol–water partition coefficient (Wildman–Crippen LogP) is 0.1000. The normalized spacial score (nSPS) is 22.2. The minimum absolute atomic E-state index is 0.0486. The van der Waals surface area contributed by atoms with Crippen LogP contribution in [-0.2, 0) is 0 Å². The van der Waals surface area contributed by atoms with E-state index in [0.717, 1.165) is 19.4 Å². The molecule has 2 rings (SSSR count). The van der Waals surface area contributed by atoms with E-state index >= 15 is 0 Å². The van der Waals surface area contributed by atoms with Crippen molar-refractivity contribution in [1.82, 2.24) is 15.3 Å². The Balaban J connectivity index is 2.19. The number of nitrogens with one attached hydrogen (secondary N) is 1. The van der Waals surface area contributed by atoms with Crippen LogP contribution in [0.3, 0.4) is 0 Å². The number of nitrogens with two attached hydrogens (primary N) is 1. The maximum Gasteiger partial charge on any atom is 0.189 e. The van der Waals surface area contributed by atoms with Crippen LogP contribution >= 0.6 is 0 Å². The first kappa shape index (κ1) is 8.03. The van der Waals surface area contributed by atoms with Gasteiger partial charge < -0.3 is 15.2 Å². The molecule has 1 aromatic heterocycles. The summed E-state index contributed by atoms with van der Waals surface area (Å²) in [6.07, 6.45) is 3.54. The summed E-state index contributed by atoms with van der Waals surface area (Å²) in [5, 5.41) is 14.3. The molecule has 1 saturated heterocycles. The van der Waals surface area contributed by atoms with Crippen molar-refractivity contribution in [3.05, 3.63) is 12.0 Å². The van der Waals surface area contributed by atoms with Crippen molar-refractivity contribution in [2.45, 2.75) is 18.9 Å². The largest absolute Gasteiger partial charge is 0.370 e. The smallest absolute Gasteiger partial charge is 0.189 e. The van der Waals surface area contributed by atoms with E-state index in [9.17, 15) is 0 Å². The molecule has 0 spiro atoms. The number of guanidine groups is 1. The van der Waals surface area contributed by atoms with E-state index < -0.39 is 0 Å². The molecule has 1 atom stereocenters. The number of nitrogens with zero attached hydrogens (tertiary/aromatic N) is 3. The van der Waals surface area contributed by atoms with Gasteiger partial charge in [-0.25, -0.2) is 0 Å². The molecule has 0 aromatic carbocycles. The topological polar surface area (TPSA) is 92.0 Å². The molecule has 1 aliphatic heterocycles. The maximum atomic E-state index is 7.35. The van der Waals surface area contributed by atoms with Gasteiger partial charge in [0.05, 0.1) is 12.2 Å². The second kappa shape index (κ2) is 3.04. The summed E-state index contributed by atoms with van der Waals surface area (Å²) in [6, 6.07) is 0.0486. The lowest BCUT2D eigenvalue weighted by molar-refractivity contribution is 0.284. The number of aromatic nitrogens is 2. The summed E-state index contributed by atoms with van der Waals surface area (Å²) in [4.78, 5) is 1.79. The third-order valence-electron chi connectivity index (χ3n) is 2.27. The highest BCUT2D eigenvalue weighted by atomic mass is 16.5. The monoisotopic (exact) mass is 181 g/mol. The lowest BCUT2D eigenvalue weighted by Gasteiger charge is -2.21. The van der Waals surface area contributed by atoms with E-state index in [1.807, 2.05) is 0 Å². The van der Waals surface area contributed by atoms with Crippen molar-refractivity contribution in [1.29, 1.82) is 5.41 Å². The van der Waals surface area contributed by atoms with Crippen LogP contribution in [0.15, 0.2) is 10.7 Å². The molecule has 0 aliphatic carbocycles. The molecule has 1 aliphatic rings. The Hall–Kier alpha value is -1.59. The number of rotatable bonds is 1. The molecule has 0 amide bonds. The summed E-state index contributed by atoms with van der Waals surface area (Å²) in [7, 11) is 0. The van der Waals surface area contributed by atoms with Gasteiger partial charge in [-0.1, -0.05) is 0 Å². The fourth-order valence-electron chi connectivity index (χ4n) is 1.67. The predicted molar refractivity (Wildman–Crippen MR) is 44.9 cm³/mol. The Morgan fingerprint density at radius 3 is 3.23 bits per heavy atom. The van der Waals surface area contributed by atoms with Gasteiger partial charge in [-0.3, -0.25) is 5.41 Å². The van der Waals surface area contributed by atoms with Gasteiger partial charge in [0.15, 0.2) is 11.7 Å². The highest BCUT2D eigenvalue weighted by Gasteiger charge is 2.29. The van der Waals surface area contributed by atoms with Crippen molar-refractivity contribution >= 4 is 5.96 Å². The fraction of sp³-hybridized carbons (Fsp3) is 0.571. The molecule has 13 heavy (non-hydrogen) atoms. The zero-order chi connectivity index (χ0) is 9.26. The van der Waals surface area contributed by atoms with Crippen LogP contribution in [0, 0.1) is 5.41 Å². The van der Waals surface area contributed by atoms with Crippen LogP contribution < -0.4 is 5.73 Å². The van der Waals surface area contributed by atoms with E-state index in [-0.39, 0.29) is 12.0 Å². The molecule has 1 unspecified atom stereocenters. The summed E-state index contributed by atoms with van der Waals surface area (Å²) in [6.45, 7) is 0.806. The van der Waals surface area contributed by atoms with Crippen LogP contribution in [0.1, 0.15) is 24.6 Å². The lowest BCUT2D eigenvalue weighted by Crippen LogP contribution is -2.35. The van der Waals surface area contributed by atoms with Crippen molar-refractivity contribution in [2.75, 3.05) is 6.54 Å². The van der Waals surface area contributed by atoms with Crippen LogP contribution in [0.4, 0.5) is 0 Å². The summed E-state index contributed by atoms with van der Waals surface area (Å²) in [5.74, 6) is 0.770. The summed E-state index contributed by atoms with van der Waals surface area (Å²) in [5.41, 5.74) is 5.42. The highest BCUT2D eigenvalue weighted by Crippen LogP contribution is 2.30. The first-order valence-corrected chi connectivity index (χ1v) is 4.17. The van der Waals surface area contributed by atoms with Gasteiger partial charge in [-0.05, 0) is 12.8 Å². The molecule has 6 nitrogen and oxygen atoms in total.